The highest BCUT2D eigenvalue weighted by Gasteiger charge is 2.32. The highest BCUT2D eigenvalue weighted by molar-refractivity contribution is 9.10. The van der Waals surface area contributed by atoms with Crippen LogP contribution in [0.4, 0.5) is 0 Å². The number of carbonyl (C=O) groups is 1. The molecule has 2 nitrogen and oxygen atoms in total. The van der Waals surface area contributed by atoms with E-state index in [9.17, 15) is 4.79 Å². The molecule has 2 rings (SSSR count). The maximum absolute atomic E-state index is 12.3. The van der Waals surface area contributed by atoms with E-state index in [1.54, 1.807) is 18.2 Å². The quantitative estimate of drug-likeness (QED) is 0.762. The van der Waals surface area contributed by atoms with E-state index in [0.29, 0.717) is 29.1 Å². The van der Waals surface area contributed by atoms with Crippen molar-refractivity contribution in [3.8, 4) is 0 Å². The van der Waals surface area contributed by atoms with Gasteiger partial charge >= 0.3 is 0 Å². The number of amides is 1. The van der Waals surface area contributed by atoms with E-state index in [2.05, 4.69) is 15.9 Å². The summed E-state index contributed by atoms with van der Waals surface area (Å²) in [5.74, 6) is 0.473. The van der Waals surface area contributed by atoms with Crippen LogP contribution < -0.4 is 0 Å². The minimum Gasteiger partial charge on any atom is -0.334 e. The molecule has 0 N–H and O–H groups in total. The smallest absolute Gasteiger partial charge is 0.254 e. The zero-order valence-electron chi connectivity index (χ0n) is 9.13. The summed E-state index contributed by atoms with van der Waals surface area (Å²) >= 11 is 15.0. The second-order valence-corrected chi connectivity index (χ2v) is 5.81. The van der Waals surface area contributed by atoms with E-state index in [4.69, 9.17) is 23.2 Å². The molecule has 1 amide bonds. The maximum Gasteiger partial charge on any atom is 0.254 e. The van der Waals surface area contributed by atoms with Crippen LogP contribution in [0, 0.1) is 0 Å². The van der Waals surface area contributed by atoms with Crippen molar-refractivity contribution in [3.63, 3.8) is 0 Å². The fraction of sp³-hybridized carbons (Fsp3) is 0.417. The minimum absolute atomic E-state index is 0.0105. The van der Waals surface area contributed by atoms with Crippen molar-refractivity contribution in [2.75, 3.05) is 12.4 Å². The summed E-state index contributed by atoms with van der Waals surface area (Å²) in [5.41, 5.74) is 0.612. The number of hydrogen-bond donors (Lipinski definition) is 0. The summed E-state index contributed by atoms with van der Waals surface area (Å²) in [5, 5.41) is 0.560. The fourth-order valence-corrected chi connectivity index (χ4v) is 2.81. The number of halogens is 3. The Labute approximate surface area is 119 Å². The second kappa shape index (κ2) is 5.59. The molecule has 0 spiro atoms. The van der Waals surface area contributed by atoms with E-state index < -0.39 is 0 Å². The number of benzene rings is 1. The van der Waals surface area contributed by atoms with Gasteiger partial charge in [0.05, 0.1) is 0 Å². The highest BCUT2D eigenvalue weighted by atomic mass is 79.9. The molecule has 0 atom stereocenters. The first kappa shape index (κ1) is 13.2. The third-order valence-corrected chi connectivity index (χ3v) is 3.53. The SMILES string of the molecule is O=C(c1cc(Cl)cc(Br)c1)N(CCCl)C1CC1. The molecule has 5 heteroatoms. The number of nitrogens with zero attached hydrogens (tertiary/aromatic N) is 1. The number of hydrogen-bond acceptors (Lipinski definition) is 1. The van der Waals surface area contributed by atoms with Gasteiger partial charge < -0.3 is 4.90 Å². The Balaban J connectivity index is 2.21. The zero-order valence-corrected chi connectivity index (χ0v) is 12.2. The monoisotopic (exact) mass is 335 g/mol. The van der Waals surface area contributed by atoms with Gasteiger partial charge in [0.15, 0.2) is 0 Å². The van der Waals surface area contributed by atoms with Crippen molar-refractivity contribution in [2.24, 2.45) is 0 Å². The summed E-state index contributed by atoms with van der Waals surface area (Å²) in [4.78, 5) is 14.1. The normalized spacial score (nSPS) is 14.8. The van der Waals surface area contributed by atoms with Crippen molar-refractivity contribution in [2.45, 2.75) is 18.9 Å². The largest absolute Gasteiger partial charge is 0.334 e. The Kier molecular flexibility index (Phi) is 4.34. The molecule has 1 fully saturated rings. The van der Waals surface area contributed by atoms with Gasteiger partial charge in [0.1, 0.15) is 0 Å². The molecule has 0 radical (unpaired) electrons. The van der Waals surface area contributed by atoms with Crippen molar-refractivity contribution in [3.05, 3.63) is 33.3 Å². The van der Waals surface area contributed by atoms with Crippen molar-refractivity contribution < 1.29 is 4.79 Å². The Morgan fingerprint density at radius 3 is 2.65 bits per heavy atom. The first-order valence-corrected chi connectivity index (χ1v) is 7.15. The van der Waals surface area contributed by atoms with Crippen molar-refractivity contribution >= 4 is 45.0 Å². The van der Waals surface area contributed by atoms with Gasteiger partial charge in [0.25, 0.3) is 5.91 Å². The standard InChI is InChI=1S/C12H12BrCl2NO/c13-9-5-8(6-10(15)7-9)12(17)16(4-3-14)11-1-2-11/h5-7,11H,1-4H2. The average Bonchev–Trinajstić information content (AvgIpc) is 3.07. The summed E-state index contributed by atoms with van der Waals surface area (Å²) in [6.07, 6.45) is 2.15. The van der Waals surface area contributed by atoms with Crippen LogP contribution in [-0.2, 0) is 0 Å². The Morgan fingerprint density at radius 1 is 1.41 bits per heavy atom. The predicted molar refractivity (Wildman–Crippen MR) is 73.9 cm³/mol. The molecule has 1 aliphatic carbocycles. The molecule has 92 valence electrons. The Bertz CT molecular complexity index is 414. The minimum atomic E-state index is 0.0105. The van der Waals surface area contributed by atoms with Crippen LogP contribution in [0.25, 0.3) is 0 Å². The van der Waals surface area contributed by atoms with Gasteiger partial charge in [-0.25, -0.2) is 0 Å². The van der Waals surface area contributed by atoms with E-state index >= 15 is 0 Å². The molecule has 0 unspecified atom stereocenters. The first-order valence-electron chi connectivity index (χ1n) is 5.45. The van der Waals surface area contributed by atoms with E-state index in [-0.39, 0.29) is 5.91 Å². The summed E-state index contributed by atoms with van der Waals surface area (Å²) in [7, 11) is 0. The molecule has 1 aromatic rings. The van der Waals surface area contributed by atoms with Gasteiger partial charge in [0.2, 0.25) is 0 Å². The van der Waals surface area contributed by atoms with Crippen LogP contribution >= 0.6 is 39.1 Å². The van der Waals surface area contributed by atoms with E-state index in [1.165, 1.54) is 0 Å². The average molecular weight is 337 g/mol. The van der Waals surface area contributed by atoms with Gasteiger partial charge in [-0.2, -0.15) is 0 Å². The molecule has 0 aliphatic heterocycles. The lowest BCUT2D eigenvalue weighted by molar-refractivity contribution is 0.0753. The maximum atomic E-state index is 12.3. The third-order valence-electron chi connectivity index (χ3n) is 2.68. The van der Waals surface area contributed by atoms with Crippen LogP contribution in [0.2, 0.25) is 5.02 Å². The zero-order chi connectivity index (χ0) is 12.4. The molecule has 1 aromatic carbocycles. The van der Waals surface area contributed by atoms with Crippen LogP contribution in [-0.4, -0.2) is 29.3 Å². The lowest BCUT2D eigenvalue weighted by Crippen LogP contribution is -2.34. The van der Waals surface area contributed by atoms with Crippen molar-refractivity contribution in [1.82, 2.24) is 4.90 Å². The Morgan fingerprint density at radius 2 is 2.12 bits per heavy atom. The second-order valence-electron chi connectivity index (χ2n) is 4.08. The molecule has 1 aliphatic rings. The summed E-state index contributed by atoms with van der Waals surface area (Å²) < 4.78 is 0.815. The molecule has 0 bridgehead atoms. The van der Waals surface area contributed by atoms with E-state index in [0.717, 1.165) is 17.3 Å². The topological polar surface area (TPSA) is 20.3 Å². The molecular formula is C12H12BrCl2NO. The number of alkyl halides is 1. The van der Waals surface area contributed by atoms with Gasteiger partial charge in [-0.3, -0.25) is 4.79 Å². The molecular weight excluding hydrogens is 325 g/mol. The van der Waals surface area contributed by atoms with Crippen LogP contribution in [0.1, 0.15) is 23.2 Å². The van der Waals surface area contributed by atoms with Crippen LogP contribution in [0.5, 0.6) is 0 Å². The Hall–Kier alpha value is -0.250. The van der Waals surface area contributed by atoms with E-state index in [1.807, 2.05) is 4.90 Å². The van der Waals surface area contributed by atoms with Gasteiger partial charge in [0, 0.05) is 33.5 Å². The predicted octanol–water partition coefficient (Wildman–Crippen LogP) is 3.95. The molecule has 1 saturated carbocycles. The van der Waals surface area contributed by atoms with Crippen LogP contribution in [0.15, 0.2) is 22.7 Å². The molecule has 0 saturated heterocycles. The lowest BCUT2D eigenvalue weighted by atomic mass is 10.2. The third kappa shape index (κ3) is 3.36. The summed E-state index contributed by atoms with van der Waals surface area (Å²) in [6, 6.07) is 5.61. The first-order chi connectivity index (χ1) is 8.11. The molecule has 0 heterocycles. The van der Waals surface area contributed by atoms with Gasteiger partial charge in [-0.15, -0.1) is 11.6 Å². The number of rotatable bonds is 4. The van der Waals surface area contributed by atoms with Crippen molar-refractivity contribution in [1.29, 1.82) is 0 Å². The van der Waals surface area contributed by atoms with Gasteiger partial charge in [-0.1, -0.05) is 27.5 Å². The highest BCUT2D eigenvalue weighted by Crippen LogP contribution is 2.29. The molecule has 0 aromatic heterocycles. The fourth-order valence-electron chi connectivity index (χ4n) is 1.77. The lowest BCUT2D eigenvalue weighted by Gasteiger charge is -2.21. The summed E-state index contributed by atoms with van der Waals surface area (Å²) in [6.45, 7) is 0.592. The number of carbonyl (C=O) groups excluding carboxylic acids is 1. The van der Waals surface area contributed by atoms with Crippen LogP contribution in [0.3, 0.4) is 0 Å². The molecule has 17 heavy (non-hydrogen) atoms. The van der Waals surface area contributed by atoms with Gasteiger partial charge in [-0.05, 0) is 31.0 Å².